The van der Waals surface area contributed by atoms with Gasteiger partial charge in [-0.15, -0.1) is 0 Å². The molecule has 1 aromatic rings. The minimum Gasteiger partial charge on any atom is -0.481 e. The molecule has 2 rings (SSSR count). The number of rotatable bonds is 5. The van der Waals surface area contributed by atoms with E-state index < -0.39 is 23.0 Å². The number of carboxylic acids is 1. The van der Waals surface area contributed by atoms with Crippen molar-refractivity contribution >= 4 is 5.97 Å². The molecular formula is C16H21F2NO2. The molecule has 0 saturated carbocycles. The summed E-state index contributed by atoms with van der Waals surface area (Å²) in [7, 11) is 0. The lowest BCUT2D eigenvalue weighted by Gasteiger charge is -2.38. The molecule has 0 amide bonds. The van der Waals surface area contributed by atoms with Gasteiger partial charge in [0.25, 0.3) is 0 Å². The van der Waals surface area contributed by atoms with E-state index in [-0.39, 0.29) is 0 Å². The van der Waals surface area contributed by atoms with Crippen LogP contribution in [0.1, 0.15) is 38.2 Å². The number of likely N-dealkylation sites (tertiary alicyclic amines) is 1. The van der Waals surface area contributed by atoms with Crippen molar-refractivity contribution in [1.82, 2.24) is 4.90 Å². The van der Waals surface area contributed by atoms with Gasteiger partial charge in [-0.3, -0.25) is 9.69 Å². The van der Waals surface area contributed by atoms with Crippen LogP contribution in [0.4, 0.5) is 8.78 Å². The van der Waals surface area contributed by atoms with Gasteiger partial charge in [0.2, 0.25) is 0 Å². The molecular weight excluding hydrogens is 276 g/mol. The van der Waals surface area contributed by atoms with Crippen LogP contribution in [0.3, 0.4) is 0 Å². The summed E-state index contributed by atoms with van der Waals surface area (Å²) in [5.74, 6) is -2.39. The van der Waals surface area contributed by atoms with Crippen LogP contribution in [-0.4, -0.2) is 29.1 Å². The lowest BCUT2D eigenvalue weighted by Crippen LogP contribution is -2.44. The van der Waals surface area contributed by atoms with Gasteiger partial charge in [-0.1, -0.05) is 19.4 Å². The Labute approximate surface area is 123 Å². The summed E-state index contributed by atoms with van der Waals surface area (Å²) in [6.45, 7) is 3.87. The van der Waals surface area contributed by atoms with Crippen LogP contribution in [0, 0.1) is 17.0 Å². The lowest BCUT2D eigenvalue weighted by atomic mass is 9.75. The van der Waals surface area contributed by atoms with E-state index in [1.807, 2.05) is 6.92 Å². The third-order valence-corrected chi connectivity index (χ3v) is 4.39. The van der Waals surface area contributed by atoms with Gasteiger partial charge in [-0.2, -0.15) is 0 Å². The molecule has 116 valence electrons. The van der Waals surface area contributed by atoms with E-state index in [0.29, 0.717) is 44.5 Å². The third-order valence-electron chi connectivity index (χ3n) is 4.39. The van der Waals surface area contributed by atoms with Crippen LogP contribution in [0.25, 0.3) is 0 Å². The van der Waals surface area contributed by atoms with E-state index in [1.165, 1.54) is 6.07 Å². The number of carbonyl (C=O) groups is 1. The maximum atomic E-state index is 13.2. The number of piperidine rings is 1. The largest absolute Gasteiger partial charge is 0.481 e. The molecule has 0 aliphatic carbocycles. The second-order valence-corrected chi connectivity index (χ2v) is 5.86. The number of carboxylic acid groups (broad SMARTS) is 1. The van der Waals surface area contributed by atoms with Crippen LogP contribution in [0.5, 0.6) is 0 Å². The molecule has 1 aliphatic rings. The van der Waals surface area contributed by atoms with Gasteiger partial charge in [-0.25, -0.2) is 8.78 Å². The summed E-state index contributed by atoms with van der Waals surface area (Å²) in [5.41, 5.74) is 0.103. The maximum absolute atomic E-state index is 13.2. The van der Waals surface area contributed by atoms with Gasteiger partial charge in [0, 0.05) is 6.54 Å². The molecule has 1 fully saturated rings. The molecule has 1 N–H and O–H groups in total. The number of benzene rings is 1. The minimum absolute atomic E-state index is 0.527. The maximum Gasteiger partial charge on any atom is 0.309 e. The Morgan fingerprint density at radius 3 is 2.48 bits per heavy atom. The summed E-state index contributed by atoms with van der Waals surface area (Å²) >= 11 is 0. The number of hydrogen-bond acceptors (Lipinski definition) is 2. The van der Waals surface area contributed by atoms with Gasteiger partial charge in [0.05, 0.1) is 5.41 Å². The standard InChI is InChI=1S/C16H21F2NO2/c1-2-5-16(15(20)21)6-8-19(9-7-16)11-12-3-4-13(17)14(18)10-12/h3-4,10H,2,5-9,11H2,1H3,(H,20,21). The molecule has 1 saturated heterocycles. The van der Waals surface area contributed by atoms with E-state index in [1.54, 1.807) is 6.07 Å². The highest BCUT2D eigenvalue weighted by molar-refractivity contribution is 5.74. The highest BCUT2D eigenvalue weighted by Gasteiger charge is 2.40. The zero-order valence-electron chi connectivity index (χ0n) is 12.2. The second-order valence-electron chi connectivity index (χ2n) is 5.86. The number of halogens is 2. The van der Waals surface area contributed by atoms with Crippen molar-refractivity contribution in [3.63, 3.8) is 0 Å². The molecule has 5 heteroatoms. The van der Waals surface area contributed by atoms with Crippen LogP contribution < -0.4 is 0 Å². The van der Waals surface area contributed by atoms with Gasteiger partial charge in [0.1, 0.15) is 0 Å². The van der Waals surface area contributed by atoms with Crippen molar-refractivity contribution < 1.29 is 18.7 Å². The van der Waals surface area contributed by atoms with E-state index in [0.717, 1.165) is 12.5 Å². The summed E-state index contributed by atoms with van der Waals surface area (Å²) in [6.07, 6.45) is 2.77. The number of aliphatic carboxylic acids is 1. The van der Waals surface area contributed by atoms with Crippen molar-refractivity contribution in [3.05, 3.63) is 35.4 Å². The average Bonchev–Trinajstić information content (AvgIpc) is 2.45. The molecule has 0 spiro atoms. The van der Waals surface area contributed by atoms with Crippen LogP contribution >= 0.6 is 0 Å². The Balaban J connectivity index is 1.97. The molecule has 0 unspecified atom stereocenters. The van der Waals surface area contributed by atoms with Crippen molar-refractivity contribution in [2.75, 3.05) is 13.1 Å². The summed E-state index contributed by atoms with van der Waals surface area (Å²) < 4.78 is 26.1. The first-order chi connectivity index (χ1) is 9.97. The van der Waals surface area contributed by atoms with Crippen molar-refractivity contribution in [3.8, 4) is 0 Å². The lowest BCUT2D eigenvalue weighted by molar-refractivity contribution is -0.152. The van der Waals surface area contributed by atoms with Gasteiger partial charge in [-0.05, 0) is 50.0 Å². The molecule has 0 atom stereocenters. The van der Waals surface area contributed by atoms with E-state index in [9.17, 15) is 18.7 Å². The summed E-state index contributed by atoms with van der Waals surface area (Å²) in [6, 6.07) is 3.91. The van der Waals surface area contributed by atoms with E-state index in [2.05, 4.69) is 4.90 Å². The fourth-order valence-electron chi connectivity index (χ4n) is 3.08. The monoisotopic (exact) mass is 297 g/mol. The Morgan fingerprint density at radius 2 is 1.95 bits per heavy atom. The SMILES string of the molecule is CCCC1(C(=O)O)CCN(Cc2ccc(F)c(F)c2)CC1. The first-order valence-corrected chi connectivity index (χ1v) is 7.36. The van der Waals surface area contributed by atoms with Crippen LogP contribution in [0.15, 0.2) is 18.2 Å². The molecule has 1 aromatic carbocycles. The summed E-state index contributed by atoms with van der Waals surface area (Å²) in [5, 5.41) is 9.45. The zero-order chi connectivity index (χ0) is 15.5. The Kier molecular flexibility index (Phi) is 4.93. The second kappa shape index (κ2) is 6.52. The minimum atomic E-state index is -0.842. The molecule has 0 aromatic heterocycles. The van der Waals surface area contributed by atoms with Crippen LogP contribution in [0.2, 0.25) is 0 Å². The first-order valence-electron chi connectivity index (χ1n) is 7.36. The number of nitrogens with zero attached hydrogens (tertiary/aromatic N) is 1. The quantitative estimate of drug-likeness (QED) is 0.905. The van der Waals surface area contributed by atoms with Gasteiger partial charge < -0.3 is 5.11 Å². The van der Waals surface area contributed by atoms with Crippen LogP contribution in [-0.2, 0) is 11.3 Å². The Hall–Kier alpha value is -1.49. The zero-order valence-corrected chi connectivity index (χ0v) is 12.2. The molecule has 1 heterocycles. The Bertz CT molecular complexity index is 511. The molecule has 0 radical (unpaired) electrons. The topological polar surface area (TPSA) is 40.5 Å². The third kappa shape index (κ3) is 3.59. The average molecular weight is 297 g/mol. The van der Waals surface area contributed by atoms with Crippen molar-refractivity contribution in [2.45, 2.75) is 39.2 Å². The van der Waals surface area contributed by atoms with Gasteiger partial charge in [0.15, 0.2) is 11.6 Å². The first kappa shape index (κ1) is 15.9. The van der Waals surface area contributed by atoms with Crippen molar-refractivity contribution in [1.29, 1.82) is 0 Å². The smallest absolute Gasteiger partial charge is 0.309 e. The van der Waals surface area contributed by atoms with Gasteiger partial charge >= 0.3 is 5.97 Å². The fraction of sp³-hybridized carbons (Fsp3) is 0.562. The predicted octanol–water partition coefficient (Wildman–Crippen LogP) is 3.43. The van der Waals surface area contributed by atoms with E-state index >= 15 is 0 Å². The molecule has 21 heavy (non-hydrogen) atoms. The summed E-state index contributed by atoms with van der Waals surface area (Å²) in [4.78, 5) is 13.6. The fourth-order valence-corrected chi connectivity index (χ4v) is 3.08. The van der Waals surface area contributed by atoms with E-state index in [4.69, 9.17) is 0 Å². The molecule has 0 bridgehead atoms. The predicted molar refractivity (Wildman–Crippen MR) is 75.8 cm³/mol. The highest BCUT2D eigenvalue weighted by atomic mass is 19.2. The molecule has 3 nitrogen and oxygen atoms in total. The normalized spacial score (nSPS) is 18.6. The Morgan fingerprint density at radius 1 is 1.29 bits per heavy atom. The number of hydrogen-bond donors (Lipinski definition) is 1. The highest BCUT2D eigenvalue weighted by Crippen LogP contribution is 2.36. The molecule has 1 aliphatic heterocycles. The van der Waals surface area contributed by atoms with Crippen molar-refractivity contribution in [2.24, 2.45) is 5.41 Å².